The van der Waals surface area contributed by atoms with Gasteiger partial charge in [0.25, 0.3) is 0 Å². The van der Waals surface area contributed by atoms with Crippen LogP contribution in [0.5, 0.6) is 0 Å². The lowest BCUT2D eigenvalue weighted by molar-refractivity contribution is -0.131. The molecule has 0 fully saturated rings. The molecular weight excluding hydrogens is 341 g/mol. The number of fused-ring (bicyclic) bond motifs is 1. The molecule has 142 valence electrons. The van der Waals surface area contributed by atoms with E-state index in [-0.39, 0.29) is 17.6 Å². The number of hydrogen-bond acceptors (Lipinski definition) is 2. The van der Waals surface area contributed by atoms with Crippen molar-refractivity contribution in [2.75, 3.05) is 13.1 Å². The Morgan fingerprint density at radius 1 is 1.15 bits per heavy atom. The molecule has 27 heavy (non-hydrogen) atoms. The Hall–Kier alpha value is -2.69. The fourth-order valence-corrected chi connectivity index (χ4v) is 3.53. The van der Waals surface area contributed by atoms with Gasteiger partial charge >= 0.3 is 0 Å². The van der Waals surface area contributed by atoms with Gasteiger partial charge in [-0.25, -0.2) is 9.37 Å². The first-order valence-electron chi connectivity index (χ1n) is 9.59. The second-order valence-electron chi connectivity index (χ2n) is 6.80. The second-order valence-corrected chi connectivity index (χ2v) is 6.80. The van der Waals surface area contributed by atoms with E-state index in [1.165, 1.54) is 12.1 Å². The fourth-order valence-electron chi connectivity index (χ4n) is 3.53. The summed E-state index contributed by atoms with van der Waals surface area (Å²) in [5.74, 6) is -0.446. The van der Waals surface area contributed by atoms with Crippen LogP contribution in [0, 0.1) is 5.82 Å². The summed E-state index contributed by atoms with van der Waals surface area (Å²) in [5, 5.41) is 0. The summed E-state index contributed by atoms with van der Waals surface area (Å²) in [6.07, 6.45) is 5.87. The van der Waals surface area contributed by atoms with Crippen LogP contribution in [0.3, 0.4) is 0 Å². The molecule has 0 spiro atoms. The number of aromatic nitrogens is 2. The smallest absolute Gasteiger partial charge is 0.223 e. The summed E-state index contributed by atoms with van der Waals surface area (Å²) in [6, 6.07) is 12.3. The summed E-state index contributed by atoms with van der Waals surface area (Å²) in [7, 11) is 0. The first-order valence-corrected chi connectivity index (χ1v) is 9.59. The zero-order valence-corrected chi connectivity index (χ0v) is 15.9. The molecule has 0 bridgehead atoms. The number of halogens is 1. The number of benzene rings is 1. The van der Waals surface area contributed by atoms with E-state index in [0.29, 0.717) is 6.42 Å². The van der Waals surface area contributed by atoms with Crippen molar-refractivity contribution in [3.63, 3.8) is 0 Å². The molecule has 0 saturated carbocycles. The number of carbonyl (C=O) groups is 1. The van der Waals surface area contributed by atoms with E-state index >= 15 is 0 Å². The Labute approximate surface area is 159 Å². The molecule has 1 amide bonds. The standard InChI is InChI=1S/C22H26FN3O/c1-3-11-25(12-4-2)22(27)15-19(17-8-7-9-18(23)14-17)20-16-24-21-10-5-6-13-26(20)21/h5-10,13-14,16,19H,3-4,11-12,15H2,1-2H3/t19-/m1/s1. The monoisotopic (exact) mass is 367 g/mol. The molecule has 0 N–H and O–H groups in total. The van der Waals surface area contributed by atoms with Crippen molar-refractivity contribution in [1.29, 1.82) is 0 Å². The first kappa shape index (κ1) is 19.1. The van der Waals surface area contributed by atoms with E-state index in [9.17, 15) is 9.18 Å². The van der Waals surface area contributed by atoms with Gasteiger partial charge in [0.1, 0.15) is 11.5 Å². The van der Waals surface area contributed by atoms with Crippen LogP contribution in [-0.2, 0) is 4.79 Å². The predicted molar refractivity (Wildman–Crippen MR) is 105 cm³/mol. The quantitative estimate of drug-likeness (QED) is 0.581. The molecule has 0 aliphatic rings. The van der Waals surface area contributed by atoms with Crippen molar-refractivity contribution in [3.8, 4) is 0 Å². The molecule has 4 nitrogen and oxygen atoms in total. The Kier molecular flexibility index (Phi) is 6.22. The summed E-state index contributed by atoms with van der Waals surface area (Å²) in [5.41, 5.74) is 2.51. The molecule has 3 aromatic rings. The number of rotatable bonds is 8. The largest absolute Gasteiger partial charge is 0.343 e. The first-order chi connectivity index (χ1) is 13.1. The molecule has 2 heterocycles. The average molecular weight is 367 g/mol. The molecule has 0 saturated heterocycles. The number of pyridine rings is 1. The van der Waals surface area contributed by atoms with E-state index in [0.717, 1.165) is 42.8 Å². The third kappa shape index (κ3) is 4.35. The van der Waals surface area contributed by atoms with Gasteiger partial charge in [-0.15, -0.1) is 0 Å². The van der Waals surface area contributed by atoms with E-state index in [4.69, 9.17) is 0 Å². The van der Waals surface area contributed by atoms with Gasteiger partial charge in [-0.2, -0.15) is 0 Å². The average Bonchev–Trinajstić information content (AvgIpc) is 3.09. The third-order valence-electron chi connectivity index (χ3n) is 4.77. The van der Waals surface area contributed by atoms with Crippen molar-refractivity contribution in [1.82, 2.24) is 14.3 Å². The second kappa shape index (κ2) is 8.80. The highest BCUT2D eigenvalue weighted by molar-refractivity contribution is 5.77. The van der Waals surface area contributed by atoms with Crippen LogP contribution >= 0.6 is 0 Å². The Balaban J connectivity index is 1.99. The van der Waals surface area contributed by atoms with Crippen LogP contribution in [0.2, 0.25) is 0 Å². The Bertz CT molecular complexity index is 899. The van der Waals surface area contributed by atoms with Gasteiger partial charge in [0.05, 0.1) is 5.69 Å². The van der Waals surface area contributed by atoms with E-state index in [2.05, 4.69) is 18.8 Å². The Morgan fingerprint density at radius 3 is 2.63 bits per heavy atom. The number of amides is 1. The maximum Gasteiger partial charge on any atom is 0.223 e. The zero-order valence-electron chi connectivity index (χ0n) is 15.9. The third-order valence-corrected chi connectivity index (χ3v) is 4.77. The van der Waals surface area contributed by atoms with Gasteiger partial charge in [0.15, 0.2) is 0 Å². The van der Waals surface area contributed by atoms with Crippen LogP contribution in [0.25, 0.3) is 5.65 Å². The number of imidazole rings is 1. The van der Waals surface area contributed by atoms with Crippen molar-refractivity contribution >= 4 is 11.6 Å². The molecule has 0 aliphatic carbocycles. The minimum Gasteiger partial charge on any atom is -0.343 e. The van der Waals surface area contributed by atoms with E-state index in [1.54, 1.807) is 12.3 Å². The van der Waals surface area contributed by atoms with Crippen molar-refractivity contribution in [3.05, 3.63) is 71.9 Å². The van der Waals surface area contributed by atoms with E-state index in [1.807, 2.05) is 39.8 Å². The van der Waals surface area contributed by atoms with Gasteiger partial charge in [-0.05, 0) is 42.7 Å². The SMILES string of the molecule is CCCN(CCC)C(=O)C[C@H](c1cccc(F)c1)c1cnc2ccccn12. The molecule has 2 aromatic heterocycles. The van der Waals surface area contributed by atoms with Crippen LogP contribution in [-0.4, -0.2) is 33.3 Å². The molecule has 0 aliphatic heterocycles. The molecule has 0 unspecified atom stereocenters. The van der Waals surface area contributed by atoms with E-state index < -0.39 is 0 Å². The van der Waals surface area contributed by atoms with Gasteiger partial charge in [0.2, 0.25) is 5.91 Å². The maximum atomic E-state index is 13.9. The molecule has 0 radical (unpaired) electrons. The lowest BCUT2D eigenvalue weighted by Gasteiger charge is -2.25. The van der Waals surface area contributed by atoms with Crippen LogP contribution in [0.15, 0.2) is 54.9 Å². The minimum atomic E-state index is -0.294. The molecule has 3 rings (SSSR count). The van der Waals surface area contributed by atoms with Crippen LogP contribution in [0.4, 0.5) is 4.39 Å². The van der Waals surface area contributed by atoms with Crippen molar-refractivity contribution in [2.45, 2.75) is 39.0 Å². The fraction of sp³-hybridized carbons (Fsp3) is 0.364. The summed E-state index contributed by atoms with van der Waals surface area (Å²) in [6.45, 7) is 5.64. The van der Waals surface area contributed by atoms with Gasteiger partial charge in [0, 0.05) is 37.8 Å². The molecule has 1 atom stereocenters. The van der Waals surface area contributed by atoms with Gasteiger partial charge in [-0.3, -0.25) is 4.79 Å². The lowest BCUT2D eigenvalue weighted by Crippen LogP contribution is -2.33. The van der Waals surface area contributed by atoms with Gasteiger partial charge in [-0.1, -0.05) is 32.0 Å². The topological polar surface area (TPSA) is 37.6 Å². The van der Waals surface area contributed by atoms with Crippen molar-refractivity contribution in [2.24, 2.45) is 0 Å². The molecule has 5 heteroatoms. The summed E-state index contributed by atoms with van der Waals surface area (Å²) >= 11 is 0. The number of nitrogens with zero attached hydrogens (tertiary/aromatic N) is 3. The lowest BCUT2D eigenvalue weighted by atomic mass is 9.92. The number of carbonyl (C=O) groups excluding carboxylic acids is 1. The highest BCUT2D eigenvalue weighted by atomic mass is 19.1. The molecule has 1 aromatic carbocycles. The normalized spacial score (nSPS) is 12.3. The highest BCUT2D eigenvalue weighted by Gasteiger charge is 2.24. The predicted octanol–water partition coefficient (Wildman–Crippen LogP) is 4.64. The maximum absolute atomic E-state index is 13.9. The van der Waals surface area contributed by atoms with Crippen molar-refractivity contribution < 1.29 is 9.18 Å². The minimum absolute atomic E-state index is 0.0962. The Morgan fingerprint density at radius 2 is 1.93 bits per heavy atom. The molecular formula is C22H26FN3O. The van der Waals surface area contributed by atoms with Crippen LogP contribution in [0.1, 0.15) is 50.3 Å². The van der Waals surface area contributed by atoms with Gasteiger partial charge < -0.3 is 9.30 Å². The number of hydrogen-bond donors (Lipinski definition) is 0. The highest BCUT2D eigenvalue weighted by Crippen LogP contribution is 2.30. The summed E-state index contributed by atoms with van der Waals surface area (Å²) in [4.78, 5) is 19.4. The zero-order chi connectivity index (χ0) is 19.2. The van der Waals surface area contributed by atoms with Crippen LogP contribution < -0.4 is 0 Å². The summed E-state index contributed by atoms with van der Waals surface area (Å²) < 4.78 is 15.9.